The lowest BCUT2D eigenvalue weighted by molar-refractivity contribution is 0.122. The van der Waals surface area contributed by atoms with E-state index in [0.717, 1.165) is 26.4 Å². The molecule has 0 aliphatic heterocycles. The number of nitrogens with one attached hydrogen (secondary N) is 1. The molecular weight excluding hydrogens is 178 g/mol. The summed E-state index contributed by atoms with van der Waals surface area (Å²) in [6.45, 7) is 7.69. The first-order valence-electron chi connectivity index (χ1n) is 5.61. The Morgan fingerprint density at radius 2 is 2.00 bits per heavy atom. The average Bonchev–Trinajstić information content (AvgIpc) is 2.17. The predicted molar refractivity (Wildman–Crippen MR) is 59.7 cm³/mol. The van der Waals surface area contributed by atoms with E-state index in [-0.39, 0.29) is 0 Å². The smallest absolute Gasteiger partial charge is 0.0613 e. The molecule has 0 aromatic carbocycles. The zero-order valence-electron chi connectivity index (χ0n) is 9.84. The zero-order chi connectivity index (χ0) is 10.6. The van der Waals surface area contributed by atoms with Crippen LogP contribution in [0.4, 0.5) is 0 Å². The number of methoxy groups -OCH3 is 1. The lowest BCUT2D eigenvalue weighted by atomic mass is 10.3. The zero-order valence-corrected chi connectivity index (χ0v) is 9.84. The molecule has 0 aliphatic carbocycles. The molecule has 0 radical (unpaired) electrons. The van der Waals surface area contributed by atoms with Crippen LogP contribution >= 0.6 is 0 Å². The molecule has 0 aromatic rings. The van der Waals surface area contributed by atoms with Crippen LogP contribution in [0.25, 0.3) is 0 Å². The summed E-state index contributed by atoms with van der Waals surface area (Å²) in [5.74, 6) is 0. The van der Waals surface area contributed by atoms with Crippen LogP contribution < -0.4 is 5.32 Å². The normalized spacial score (nSPS) is 13.1. The monoisotopic (exact) mass is 203 g/mol. The van der Waals surface area contributed by atoms with Gasteiger partial charge in [-0.2, -0.15) is 0 Å². The summed E-state index contributed by atoms with van der Waals surface area (Å²) < 4.78 is 10.5. The first-order valence-corrected chi connectivity index (χ1v) is 5.61. The van der Waals surface area contributed by atoms with E-state index in [1.54, 1.807) is 7.11 Å². The molecule has 0 saturated carbocycles. The van der Waals surface area contributed by atoms with E-state index in [1.165, 1.54) is 19.3 Å². The summed E-state index contributed by atoms with van der Waals surface area (Å²) in [4.78, 5) is 0. The minimum absolute atomic E-state index is 0.416. The Morgan fingerprint density at radius 1 is 1.21 bits per heavy atom. The van der Waals surface area contributed by atoms with E-state index in [2.05, 4.69) is 19.2 Å². The van der Waals surface area contributed by atoms with E-state index >= 15 is 0 Å². The molecule has 86 valence electrons. The molecule has 3 nitrogen and oxygen atoms in total. The number of hydrogen-bond donors (Lipinski definition) is 1. The van der Waals surface area contributed by atoms with Crippen molar-refractivity contribution in [3.05, 3.63) is 0 Å². The first-order chi connectivity index (χ1) is 6.81. The highest BCUT2D eigenvalue weighted by Crippen LogP contribution is 1.93. The van der Waals surface area contributed by atoms with Gasteiger partial charge in [0.1, 0.15) is 0 Å². The van der Waals surface area contributed by atoms with Gasteiger partial charge in [-0.25, -0.2) is 0 Å². The van der Waals surface area contributed by atoms with Crippen LogP contribution in [0.2, 0.25) is 0 Å². The Balaban J connectivity index is 2.98. The van der Waals surface area contributed by atoms with Crippen molar-refractivity contribution in [2.24, 2.45) is 0 Å². The van der Waals surface area contributed by atoms with Crippen molar-refractivity contribution in [1.82, 2.24) is 5.32 Å². The van der Waals surface area contributed by atoms with Gasteiger partial charge in [-0.15, -0.1) is 0 Å². The SMILES string of the molecule is CCCCCOCCNC(C)COC. The molecule has 0 aromatic heterocycles. The Bertz CT molecular complexity index is 109. The van der Waals surface area contributed by atoms with Gasteiger partial charge in [0.05, 0.1) is 13.2 Å². The van der Waals surface area contributed by atoms with Crippen molar-refractivity contribution < 1.29 is 9.47 Å². The van der Waals surface area contributed by atoms with Gasteiger partial charge < -0.3 is 14.8 Å². The summed E-state index contributed by atoms with van der Waals surface area (Å²) in [5, 5.41) is 3.32. The van der Waals surface area contributed by atoms with Crippen LogP contribution in [0.1, 0.15) is 33.1 Å². The van der Waals surface area contributed by atoms with Gasteiger partial charge in [-0.1, -0.05) is 19.8 Å². The van der Waals surface area contributed by atoms with Crippen LogP contribution in [0.5, 0.6) is 0 Å². The van der Waals surface area contributed by atoms with Crippen LogP contribution in [0.3, 0.4) is 0 Å². The maximum absolute atomic E-state index is 5.46. The molecule has 3 heteroatoms. The number of hydrogen-bond acceptors (Lipinski definition) is 3. The average molecular weight is 203 g/mol. The molecule has 0 spiro atoms. The van der Waals surface area contributed by atoms with Gasteiger partial charge in [0, 0.05) is 26.3 Å². The van der Waals surface area contributed by atoms with Gasteiger partial charge in [0.15, 0.2) is 0 Å². The molecule has 0 saturated heterocycles. The summed E-state index contributed by atoms with van der Waals surface area (Å²) in [7, 11) is 1.72. The van der Waals surface area contributed by atoms with Crippen LogP contribution in [0, 0.1) is 0 Å². The molecule has 14 heavy (non-hydrogen) atoms. The molecule has 0 amide bonds. The van der Waals surface area contributed by atoms with Crippen molar-refractivity contribution in [3.8, 4) is 0 Å². The van der Waals surface area contributed by atoms with Crippen molar-refractivity contribution in [2.45, 2.75) is 39.2 Å². The highest BCUT2D eigenvalue weighted by molar-refractivity contribution is 4.57. The topological polar surface area (TPSA) is 30.5 Å². The predicted octanol–water partition coefficient (Wildman–Crippen LogP) is 1.82. The highest BCUT2D eigenvalue weighted by Gasteiger charge is 1.98. The highest BCUT2D eigenvalue weighted by atomic mass is 16.5. The Morgan fingerprint density at radius 3 is 2.64 bits per heavy atom. The minimum atomic E-state index is 0.416. The molecule has 1 N–H and O–H groups in total. The molecule has 0 fully saturated rings. The summed E-state index contributed by atoms with van der Waals surface area (Å²) in [5.41, 5.74) is 0. The largest absolute Gasteiger partial charge is 0.383 e. The van der Waals surface area contributed by atoms with Gasteiger partial charge in [0.2, 0.25) is 0 Å². The number of rotatable bonds is 10. The molecule has 1 unspecified atom stereocenters. The van der Waals surface area contributed by atoms with E-state index in [4.69, 9.17) is 9.47 Å². The second-order valence-corrected chi connectivity index (χ2v) is 3.63. The number of unbranched alkanes of at least 4 members (excludes halogenated alkanes) is 2. The van der Waals surface area contributed by atoms with Crippen molar-refractivity contribution >= 4 is 0 Å². The minimum Gasteiger partial charge on any atom is -0.383 e. The third-order valence-electron chi connectivity index (χ3n) is 2.05. The summed E-state index contributed by atoms with van der Waals surface area (Å²) in [6.07, 6.45) is 3.71. The molecule has 0 bridgehead atoms. The summed E-state index contributed by atoms with van der Waals surface area (Å²) in [6, 6.07) is 0.416. The lowest BCUT2D eigenvalue weighted by Crippen LogP contribution is -2.32. The second kappa shape index (κ2) is 11.0. The summed E-state index contributed by atoms with van der Waals surface area (Å²) >= 11 is 0. The van der Waals surface area contributed by atoms with Crippen molar-refractivity contribution in [2.75, 3.05) is 33.5 Å². The third kappa shape index (κ3) is 9.96. The van der Waals surface area contributed by atoms with Gasteiger partial charge >= 0.3 is 0 Å². The Kier molecular flexibility index (Phi) is 10.9. The van der Waals surface area contributed by atoms with Gasteiger partial charge in [-0.3, -0.25) is 0 Å². The standard InChI is InChI=1S/C11H25NO2/c1-4-5-6-8-14-9-7-12-11(2)10-13-3/h11-12H,4-10H2,1-3H3. The van der Waals surface area contributed by atoms with E-state index in [1.807, 2.05) is 0 Å². The van der Waals surface area contributed by atoms with Crippen molar-refractivity contribution in [1.29, 1.82) is 0 Å². The van der Waals surface area contributed by atoms with Crippen molar-refractivity contribution in [3.63, 3.8) is 0 Å². The van der Waals surface area contributed by atoms with E-state index in [0.29, 0.717) is 6.04 Å². The molecule has 0 rings (SSSR count). The van der Waals surface area contributed by atoms with Gasteiger partial charge in [-0.05, 0) is 13.3 Å². The molecule has 0 aliphatic rings. The Hall–Kier alpha value is -0.120. The Labute approximate surface area is 88.2 Å². The fraction of sp³-hybridized carbons (Fsp3) is 1.00. The molecular formula is C11H25NO2. The lowest BCUT2D eigenvalue weighted by Gasteiger charge is -2.12. The van der Waals surface area contributed by atoms with E-state index in [9.17, 15) is 0 Å². The maximum atomic E-state index is 5.46. The fourth-order valence-electron chi connectivity index (χ4n) is 1.24. The van der Waals surface area contributed by atoms with Crippen LogP contribution in [0.15, 0.2) is 0 Å². The second-order valence-electron chi connectivity index (χ2n) is 3.63. The van der Waals surface area contributed by atoms with Gasteiger partial charge in [0.25, 0.3) is 0 Å². The molecule has 0 heterocycles. The van der Waals surface area contributed by atoms with E-state index < -0.39 is 0 Å². The van der Waals surface area contributed by atoms with Crippen LogP contribution in [-0.2, 0) is 9.47 Å². The third-order valence-corrected chi connectivity index (χ3v) is 2.05. The molecule has 1 atom stereocenters. The maximum Gasteiger partial charge on any atom is 0.0613 e. The first kappa shape index (κ1) is 13.9. The quantitative estimate of drug-likeness (QED) is 0.549. The fourth-order valence-corrected chi connectivity index (χ4v) is 1.24. The number of ether oxygens (including phenoxy) is 2. The van der Waals surface area contributed by atoms with Crippen LogP contribution in [-0.4, -0.2) is 39.5 Å².